The Morgan fingerprint density at radius 1 is 1.20 bits per heavy atom. The fraction of sp³-hybridized carbons (Fsp3) is 0.529. The van der Waals surface area contributed by atoms with Crippen LogP contribution in [0, 0.1) is 5.92 Å². The molecule has 5 nitrogen and oxygen atoms in total. The number of amides is 1. The molecule has 3 fully saturated rings. The average molecular weight is 355 g/mol. The average Bonchev–Trinajstić information content (AvgIpc) is 2.87. The summed E-state index contributed by atoms with van der Waals surface area (Å²) in [6, 6.07) is 4.52. The lowest BCUT2D eigenvalue weighted by atomic mass is 9.69. The van der Waals surface area contributed by atoms with Crippen LogP contribution in [-0.2, 0) is 20.4 Å². The van der Waals surface area contributed by atoms with E-state index in [9.17, 15) is 22.8 Å². The van der Waals surface area contributed by atoms with Gasteiger partial charge in [0.15, 0.2) is 0 Å². The second kappa shape index (κ2) is 4.89. The van der Waals surface area contributed by atoms with Gasteiger partial charge in [-0.05, 0) is 31.0 Å². The summed E-state index contributed by atoms with van der Waals surface area (Å²) >= 11 is 0. The molecule has 3 atom stereocenters. The number of anilines is 1. The smallest absolute Gasteiger partial charge is 0.418 e. The summed E-state index contributed by atoms with van der Waals surface area (Å²) in [5.41, 5.74) is -1.90. The summed E-state index contributed by atoms with van der Waals surface area (Å²) in [7, 11) is 0. The van der Waals surface area contributed by atoms with Gasteiger partial charge in [0.25, 0.3) is 5.79 Å². The van der Waals surface area contributed by atoms with Crippen LogP contribution in [0.15, 0.2) is 24.3 Å². The first kappa shape index (κ1) is 16.2. The molecular formula is C17H16F3NO4. The van der Waals surface area contributed by atoms with Crippen LogP contribution in [0.25, 0.3) is 0 Å². The highest BCUT2D eigenvalue weighted by Gasteiger charge is 2.75. The Kier molecular flexibility index (Phi) is 3.18. The standard InChI is InChI=1S/C17H16F3NO4/c1-15-16(8-3-2-7-12(16)13(22)24-15)21(14(23)25-15)11-6-4-5-10(9-11)17(18,19)20/h4-6,9,12H,2-3,7-8H2,1H3/t12-,15+,16+/m1/s1. The van der Waals surface area contributed by atoms with E-state index in [1.807, 2.05) is 0 Å². The van der Waals surface area contributed by atoms with Gasteiger partial charge in [-0.2, -0.15) is 13.2 Å². The molecule has 0 aromatic heterocycles. The molecule has 1 aliphatic carbocycles. The third kappa shape index (κ3) is 2.02. The maximum absolute atomic E-state index is 13.1. The number of hydrogen-bond acceptors (Lipinski definition) is 4. The first-order chi connectivity index (χ1) is 11.7. The lowest BCUT2D eigenvalue weighted by Crippen LogP contribution is -2.60. The van der Waals surface area contributed by atoms with Crippen LogP contribution in [-0.4, -0.2) is 23.4 Å². The highest BCUT2D eigenvalue weighted by molar-refractivity contribution is 5.96. The molecule has 1 aromatic rings. The molecule has 0 radical (unpaired) electrons. The molecule has 4 rings (SSSR count). The van der Waals surface area contributed by atoms with Crippen LogP contribution >= 0.6 is 0 Å². The number of nitrogens with zero attached hydrogens (tertiary/aromatic N) is 1. The second-order valence-corrected chi connectivity index (χ2v) is 6.84. The van der Waals surface area contributed by atoms with Crippen LogP contribution in [0.2, 0.25) is 0 Å². The van der Waals surface area contributed by atoms with Gasteiger partial charge in [0.1, 0.15) is 5.54 Å². The first-order valence-electron chi connectivity index (χ1n) is 8.12. The van der Waals surface area contributed by atoms with Crippen molar-refractivity contribution < 1.29 is 32.2 Å². The predicted octanol–water partition coefficient (Wildman–Crippen LogP) is 3.86. The number of halogens is 3. The van der Waals surface area contributed by atoms with Gasteiger partial charge in [-0.3, -0.25) is 9.69 Å². The lowest BCUT2D eigenvalue weighted by Gasteiger charge is -2.43. The second-order valence-electron chi connectivity index (χ2n) is 6.84. The van der Waals surface area contributed by atoms with Gasteiger partial charge >= 0.3 is 18.2 Å². The monoisotopic (exact) mass is 355 g/mol. The highest BCUT2D eigenvalue weighted by atomic mass is 19.4. The van der Waals surface area contributed by atoms with E-state index in [-0.39, 0.29) is 5.69 Å². The number of carbonyl (C=O) groups excluding carboxylic acids is 2. The number of alkyl halides is 3. The third-order valence-electron chi connectivity index (χ3n) is 5.54. The van der Waals surface area contributed by atoms with Crippen molar-refractivity contribution in [2.24, 2.45) is 5.92 Å². The van der Waals surface area contributed by atoms with Crippen molar-refractivity contribution in [3.05, 3.63) is 29.8 Å². The third-order valence-corrected chi connectivity index (χ3v) is 5.54. The summed E-state index contributed by atoms with van der Waals surface area (Å²) in [5.74, 6) is -2.56. The number of benzene rings is 1. The highest BCUT2D eigenvalue weighted by Crippen LogP contribution is 2.58. The zero-order valence-electron chi connectivity index (χ0n) is 13.4. The minimum absolute atomic E-state index is 0.0637. The fourth-order valence-electron chi connectivity index (χ4n) is 4.48. The van der Waals surface area contributed by atoms with Gasteiger partial charge in [0.2, 0.25) is 0 Å². The summed E-state index contributed by atoms with van der Waals surface area (Å²) in [6.07, 6.45) is -2.85. The van der Waals surface area contributed by atoms with Crippen molar-refractivity contribution in [2.75, 3.05) is 4.90 Å². The molecule has 2 heterocycles. The summed E-state index contributed by atoms with van der Waals surface area (Å²) in [6.45, 7) is 1.52. The molecule has 25 heavy (non-hydrogen) atoms. The van der Waals surface area contributed by atoms with E-state index < -0.39 is 41.0 Å². The minimum atomic E-state index is -4.53. The number of hydrogen-bond donors (Lipinski definition) is 0. The summed E-state index contributed by atoms with van der Waals surface area (Å²) in [4.78, 5) is 26.1. The van der Waals surface area contributed by atoms with Crippen molar-refractivity contribution in [1.82, 2.24) is 0 Å². The normalized spacial score (nSPS) is 34.4. The van der Waals surface area contributed by atoms with E-state index in [2.05, 4.69) is 0 Å². The Balaban J connectivity index is 1.87. The number of carbonyl (C=O) groups is 2. The van der Waals surface area contributed by atoms with Gasteiger partial charge in [-0.25, -0.2) is 4.79 Å². The van der Waals surface area contributed by atoms with Crippen LogP contribution in [0.1, 0.15) is 38.2 Å². The number of ether oxygens (including phenoxy) is 2. The Morgan fingerprint density at radius 2 is 1.96 bits per heavy atom. The molecule has 0 N–H and O–H groups in total. The molecule has 134 valence electrons. The Bertz CT molecular complexity index is 765. The maximum Gasteiger partial charge on any atom is 0.418 e. The van der Waals surface area contributed by atoms with Crippen LogP contribution in [0.4, 0.5) is 23.7 Å². The molecule has 3 aliphatic rings. The van der Waals surface area contributed by atoms with Crippen molar-refractivity contribution in [3.63, 3.8) is 0 Å². The van der Waals surface area contributed by atoms with Gasteiger partial charge in [-0.1, -0.05) is 18.9 Å². The Hall–Kier alpha value is -2.25. The first-order valence-corrected chi connectivity index (χ1v) is 8.12. The number of rotatable bonds is 1. The molecule has 1 spiro atoms. The SMILES string of the molecule is C[C@@]12OC(=O)[C@H]3CCCC[C@]31N(c1cccc(C(F)(F)F)c1)C(=O)O2. The van der Waals surface area contributed by atoms with Gasteiger partial charge in [-0.15, -0.1) is 0 Å². The van der Waals surface area contributed by atoms with Crippen molar-refractivity contribution >= 4 is 17.7 Å². The largest absolute Gasteiger partial charge is 0.420 e. The van der Waals surface area contributed by atoms with Gasteiger partial charge in [0, 0.05) is 12.6 Å². The summed E-state index contributed by atoms with van der Waals surface area (Å²) in [5, 5.41) is 0. The molecule has 0 bridgehead atoms. The van der Waals surface area contributed by atoms with Crippen LogP contribution in [0.3, 0.4) is 0 Å². The maximum atomic E-state index is 13.1. The zero-order chi connectivity index (χ0) is 18.0. The summed E-state index contributed by atoms with van der Waals surface area (Å²) < 4.78 is 50.0. The zero-order valence-corrected chi connectivity index (χ0v) is 13.4. The molecular weight excluding hydrogens is 339 g/mol. The lowest BCUT2D eigenvalue weighted by molar-refractivity contribution is -0.182. The van der Waals surface area contributed by atoms with Crippen molar-refractivity contribution in [2.45, 2.75) is 50.1 Å². The fourth-order valence-corrected chi connectivity index (χ4v) is 4.48. The molecule has 0 unspecified atom stereocenters. The van der Waals surface area contributed by atoms with E-state index in [0.717, 1.165) is 25.0 Å². The molecule has 2 saturated heterocycles. The van der Waals surface area contributed by atoms with Crippen molar-refractivity contribution in [1.29, 1.82) is 0 Å². The Morgan fingerprint density at radius 3 is 2.68 bits per heavy atom. The van der Waals surface area contributed by atoms with E-state index in [0.29, 0.717) is 12.8 Å². The topological polar surface area (TPSA) is 55.8 Å². The predicted molar refractivity (Wildman–Crippen MR) is 79.6 cm³/mol. The van der Waals surface area contributed by atoms with E-state index in [4.69, 9.17) is 9.47 Å². The molecule has 2 aliphatic heterocycles. The van der Waals surface area contributed by atoms with E-state index >= 15 is 0 Å². The van der Waals surface area contributed by atoms with E-state index in [1.54, 1.807) is 0 Å². The van der Waals surface area contributed by atoms with E-state index in [1.165, 1.54) is 24.0 Å². The van der Waals surface area contributed by atoms with Crippen molar-refractivity contribution in [3.8, 4) is 0 Å². The molecule has 8 heteroatoms. The molecule has 1 saturated carbocycles. The molecule has 1 aromatic carbocycles. The van der Waals surface area contributed by atoms with Gasteiger partial charge in [0.05, 0.1) is 11.5 Å². The van der Waals surface area contributed by atoms with Gasteiger partial charge < -0.3 is 9.47 Å². The number of esters is 1. The molecule has 1 amide bonds. The van der Waals surface area contributed by atoms with Crippen LogP contribution in [0.5, 0.6) is 0 Å². The minimum Gasteiger partial charge on any atom is -0.420 e. The van der Waals surface area contributed by atoms with Crippen LogP contribution < -0.4 is 4.90 Å². The Labute approximate surface area is 141 Å². The quantitative estimate of drug-likeness (QED) is 0.718.